The van der Waals surface area contributed by atoms with E-state index < -0.39 is 24.3 Å². The molecule has 0 aromatic carbocycles. The lowest BCUT2D eigenvalue weighted by Crippen LogP contribution is -2.44. The third-order valence-electron chi connectivity index (χ3n) is 11.3. The lowest BCUT2D eigenvalue weighted by atomic mass is 10.1. The van der Waals surface area contributed by atoms with Gasteiger partial charge in [0, 0.05) is 12.8 Å². The van der Waals surface area contributed by atoms with Gasteiger partial charge in [-0.2, -0.15) is 0 Å². The first kappa shape index (κ1) is 69.2. The van der Waals surface area contributed by atoms with Gasteiger partial charge in [-0.05, 0) is 116 Å². The van der Waals surface area contributed by atoms with E-state index >= 15 is 0 Å². The number of aliphatic carboxylic acids is 1. The average Bonchev–Trinajstić information content (AvgIpc) is 3.37. The first-order valence-corrected chi connectivity index (χ1v) is 28.5. The van der Waals surface area contributed by atoms with Gasteiger partial charge >= 0.3 is 11.9 Å². The van der Waals surface area contributed by atoms with Gasteiger partial charge in [-0.3, -0.25) is 9.59 Å². The van der Waals surface area contributed by atoms with Crippen LogP contribution in [0.5, 0.6) is 0 Å². The Morgan fingerprint density at radius 3 is 1.16 bits per heavy atom. The first-order chi connectivity index (χ1) is 36.1. The molecule has 0 aromatic heterocycles. The van der Waals surface area contributed by atoms with Crippen molar-refractivity contribution in [2.75, 3.05) is 47.5 Å². The molecular weight excluding hydrogens is 923 g/mol. The van der Waals surface area contributed by atoms with Crippen LogP contribution in [-0.4, -0.2) is 82.3 Å². The maximum atomic E-state index is 12.8. The Hall–Kier alpha value is -4.83. The SMILES string of the molecule is CC/C=C\C/C=C\C/C=C\C/C=C\C/C=C\C/C=C\C/C=C\C/C=C\C/C=C\C/C=C\C/C=C\CCCCCCCC(=O)OC(COC(=O)CCCCCCC/C=C\CCC)COC(OCC[N+](C)(C)C)C(=O)[O-]. The molecule has 0 fully saturated rings. The van der Waals surface area contributed by atoms with E-state index in [4.69, 9.17) is 18.9 Å². The van der Waals surface area contributed by atoms with E-state index in [1.54, 1.807) is 0 Å². The van der Waals surface area contributed by atoms with Crippen molar-refractivity contribution in [3.8, 4) is 0 Å². The molecule has 0 bridgehead atoms. The summed E-state index contributed by atoms with van der Waals surface area (Å²) in [6, 6.07) is 0. The largest absolute Gasteiger partial charge is 0.545 e. The molecule has 416 valence electrons. The van der Waals surface area contributed by atoms with Crippen LogP contribution in [0.25, 0.3) is 0 Å². The molecule has 0 N–H and O–H groups in total. The zero-order chi connectivity index (χ0) is 54.1. The third-order valence-corrected chi connectivity index (χ3v) is 11.3. The van der Waals surface area contributed by atoms with Gasteiger partial charge in [-0.25, -0.2) is 0 Å². The molecule has 0 rings (SSSR count). The van der Waals surface area contributed by atoms with Gasteiger partial charge in [-0.1, -0.05) is 205 Å². The van der Waals surface area contributed by atoms with Crippen LogP contribution in [-0.2, 0) is 33.3 Å². The molecule has 0 aromatic rings. The second kappa shape index (κ2) is 54.4. The normalized spacial score (nSPS) is 13.9. The predicted molar refractivity (Wildman–Crippen MR) is 310 cm³/mol. The van der Waals surface area contributed by atoms with Crippen molar-refractivity contribution in [1.82, 2.24) is 0 Å². The molecule has 9 nitrogen and oxygen atoms in total. The number of hydrogen-bond acceptors (Lipinski definition) is 8. The topological polar surface area (TPSA) is 111 Å². The lowest BCUT2D eigenvalue weighted by molar-refractivity contribution is -0.870. The first-order valence-electron chi connectivity index (χ1n) is 28.5. The van der Waals surface area contributed by atoms with Crippen molar-refractivity contribution < 1.29 is 42.9 Å². The van der Waals surface area contributed by atoms with Crippen molar-refractivity contribution >= 4 is 17.9 Å². The van der Waals surface area contributed by atoms with Gasteiger partial charge in [0.1, 0.15) is 13.2 Å². The van der Waals surface area contributed by atoms with Gasteiger partial charge < -0.3 is 33.3 Å². The highest BCUT2D eigenvalue weighted by Gasteiger charge is 2.22. The van der Waals surface area contributed by atoms with Gasteiger partial charge in [0.15, 0.2) is 12.4 Å². The van der Waals surface area contributed by atoms with Crippen LogP contribution in [0.15, 0.2) is 146 Å². The standard InChI is InChI=1S/C65H103NO8/c1-6-8-10-12-14-16-18-19-20-21-22-23-24-25-26-27-28-29-30-31-32-33-34-35-36-37-38-39-40-41-42-43-44-45-46-48-50-52-54-56-63(68)74-61(60-73-65(64(69)70)71-58-57-66(3,4)5)59-72-62(67)55-53-51-49-47-17-15-13-11-9-7-2/h8,10-11,13-14,16,19-20,22-23,25-26,28-29,31-32,34-35,37-38,40-41,43-44,61,65H,6-7,9,12,15,17-18,21,24,27,30,33,36,39,42,45-60H2,1-5H3/b10-8-,13-11-,16-14-,20-19-,23-22-,26-25-,29-28-,32-31-,35-34-,38-37-,41-40-,44-43-. The van der Waals surface area contributed by atoms with Crippen LogP contribution >= 0.6 is 0 Å². The fraction of sp³-hybridized carbons (Fsp3) is 0.585. The van der Waals surface area contributed by atoms with Crippen molar-refractivity contribution in [2.24, 2.45) is 0 Å². The van der Waals surface area contributed by atoms with Crippen molar-refractivity contribution in [2.45, 2.75) is 200 Å². The number of carboxylic acids is 1. The summed E-state index contributed by atoms with van der Waals surface area (Å²) >= 11 is 0. The number of carboxylic acid groups (broad SMARTS) is 1. The second-order valence-corrected chi connectivity index (χ2v) is 19.5. The van der Waals surface area contributed by atoms with Crippen LogP contribution in [0.3, 0.4) is 0 Å². The van der Waals surface area contributed by atoms with Gasteiger partial charge in [0.25, 0.3) is 0 Å². The summed E-state index contributed by atoms with van der Waals surface area (Å²) in [6.45, 7) is 4.49. The van der Waals surface area contributed by atoms with E-state index in [2.05, 4.69) is 160 Å². The van der Waals surface area contributed by atoms with Gasteiger partial charge in [-0.15, -0.1) is 0 Å². The predicted octanol–water partition coefficient (Wildman–Crippen LogP) is 15.5. The monoisotopic (exact) mass is 1030 g/mol. The zero-order valence-corrected chi connectivity index (χ0v) is 47.1. The summed E-state index contributed by atoms with van der Waals surface area (Å²) in [5, 5.41) is 11.7. The summed E-state index contributed by atoms with van der Waals surface area (Å²) in [5.74, 6) is -2.35. The third kappa shape index (κ3) is 54.9. The summed E-state index contributed by atoms with van der Waals surface area (Å²) < 4.78 is 22.5. The molecule has 0 aliphatic rings. The smallest absolute Gasteiger partial charge is 0.306 e. The average molecular weight is 1030 g/mol. The summed E-state index contributed by atoms with van der Waals surface area (Å²) in [6.07, 6.45) is 76.3. The summed E-state index contributed by atoms with van der Waals surface area (Å²) in [7, 11) is 5.89. The summed E-state index contributed by atoms with van der Waals surface area (Å²) in [5.41, 5.74) is 0. The van der Waals surface area contributed by atoms with Crippen LogP contribution < -0.4 is 5.11 Å². The molecule has 0 saturated heterocycles. The maximum Gasteiger partial charge on any atom is 0.306 e. The lowest BCUT2D eigenvalue weighted by Gasteiger charge is -2.26. The van der Waals surface area contributed by atoms with Crippen LogP contribution in [0.4, 0.5) is 0 Å². The number of likely N-dealkylation sites (N-methyl/N-ethyl adjacent to an activating group) is 1. The molecular formula is C65H103NO8. The molecule has 0 aliphatic heterocycles. The Kier molecular flexibility index (Phi) is 50.9. The highest BCUT2D eigenvalue weighted by molar-refractivity contribution is 5.70. The van der Waals surface area contributed by atoms with E-state index in [9.17, 15) is 19.5 Å². The number of nitrogens with zero attached hydrogens (tertiary/aromatic N) is 1. The van der Waals surface area contributed by atoms with Crippen molar-refractivity contribution in [3.05, 3.63) is 146 Å². The summed E-state index contributed by atoms with van der Waals surface area (Å²) in [4.78, 5) is 37.1. The second-order valence-electron chi connectivity index (χ2n) is 19.5. The van der Waals surface area contributed by atoms with Crippen LogP contribution in [0.1, 0.15) is 187 Å². The minimum atomic E-state index is -1.64. The number of esters is 2. The molecule has 0 heterocycles. The number of allylic oxidation sites excluding steroid dienone is 24. The number of carbonyl (C=O) groups is 3. The van der Waals surface area contributed by atoms with Crippen LogP contribution in [0, 0.1) is 0 Å². The van der Waals surface area contributed by atoms with Gasteiger partial charge in [0.2, 0.25) is 0 Å². The quantitative estimate of drug-likeness (QED) is 0.0195. The molecule has 0 radical (unpaired) electrons. The van der Waals surface area contributed by atoms with Gasteiger partial charge in [0.05, 0.1) is 40.3 Å². The molecule has 0 aliphatic carbocycles. The number of ether oxygens (including phenoxy) is 4. The number of quaternary nitrogens is 1. The van der Waals surface area contributed by atoms with E-state index in [1.807, 2.05) is 21.1 Å². The zero-order valence-electron chi connectivity index (χ0n) is 47.1. The Morgan fingerprint density at radius 2 is 0.770 bits per heavy atom. The Bertz CT molecular complexity index is 1720. The molecule has 0 spiro atoms. The molecule has 2 atom stereocenters. The highest BCUT2D eigenvalue weighted by atomic mass is 16.7. The molecule has 2 unspecified atom stereocenters. The number of unbranched alkanes of at least 4 members (excludes halogenated alkanes) is 11. The highest BCUT2D eigenvalue weighted by Crippen LogP contribution is 2.12. The fourth-order valence-electron chi connectivity index (χ4n) is 6.95. The number of carbonyl (C=O) groups excluding carboxylic acids is 3. The van der Waals surface area contributed by atoms with E-state index in [1.165, 1.54) is 6.42 Å². The van der Waals surface area contributed by atoms with E-state index in [0.29, 0.717) is 17.4 Å². The fourth-order valence-corrected chi connectivity index (χ4v) is 6.95. The Labute approximate surface area is 452 Å². The Balaban J connectivity index is 4.21. The minimum Gasteiger partial charge on any atom is -0.545 e. The molecule has 0 amide bonds. The van der Waals surface area contributed by atoms with Crippen molar-refractivity contribution in [1.29, 1.82) is 0 Å². The number of rotatable bonds is 50. The molecule has 74 heavy (non-hydrogen) atoms. The van der Waals surface area contributed by atoms with Crippen LogP contribution in [0.2, 0.25) is 0 Å². The van der Waals surface area contributed by atoms with E-state index in [-0.39, 0.29) is 38.6 Å². The maximum absolute atomic E-state index is 12.8. The molecule has 9 heteroatoms. The number of hydrogen-bond donors (Lipinski definition) is 0. The minimum absolute atomic E-state index is 0.135. The van der Waals surface area contributed by atoms with E-state index in [0.717, 1.165) is 148 Å². The molecule has 0 saturated carbocycles. The van der Waals surface area contributed by atoms with Crippen molar-refractivity contribution in [3.63, 3.8) is 0 Å². The Morgan fingerprint density at radius 1 is 0.419 bits per heavy atom.